The fraction of sp³-hybridized carbons (Fsp3) is 0.947. The third-order valence-electron chi connectivity index (χ3n) is 5.27. The molecular formula is C19H39NO3Si. The molecule has 0 heterocycles. The Balaban J connectivity index is 2.65. The van der Waals surface area contributed by atoms with E-state index in [1.54, 1.807) is 0 Å². The fourth-order valence-corrected chi connectivity index (χ4v) is 3.87. The number of amides is 1. The lowest BCUT2D eigenvalue weighted by Gasteiger charge is -2.37. The van der Waals surface area contributed by atoms with Crippen LogP contribution in [-0.4, -0.2) is 32.7 Å². The van der Waals surface area contributed by atoms with E-state index in [2.05, 4.69) is 39.2 Å². The second kappa shape index (κ2) is 8.22. The largest absolute Gasteiger partial charge is 0.444 e. The summed E-state index contributed by atoms with van der Waals surface area (Å²) in [6.07, 6.45) is 5.83. The van der Waals surface area contributed by atoms with Crippen LogP contribution in [0.3, 0.4) is 0 Å². The van der Waals surface area contributed by atoms with Gasteiger partial charge in [0, 0.05) is 0 Å². The second-order valence-electron chi connectivity index (χ2n) is 9.80. The minimum absolute atomic E-state index is 0.0390. The SMILES string of the molecule is CC(C)(C)OC(=O)NC(CO[Si](C)(C)C(C)(C)C)CC1CCCC1. The van der Waals surface area contributed by atoms with Crippen LogP contribution in [0.5, 0.6) is 0 Å². The minimum Gasteiger partial charge on any atom is -0.444 e. The number of carbonyl (C=O) groups excluding carboxylic acids is 1. The quantitative estimate of drug-likeness (QED) is 0.640. The molecule has 0 saturated heterocycles. The Hall–Kier alpha value is -0.553. The van der Waals surface area contributed by atoms with E-state index in [1.807, 2.05) is 20.8 Å². The number of nitrogens with one attached hydrogen (secondary N) is 1. The Morgan fingerprint density at radius 2 is 1.67 bits per heavy atom. The van der Waals surface area contributed by atoms with E-state index < -0.39 is 13.9 Å². The molecule has 1 amide bonds. The molecule has 0 aromatic heterocycles. The van der Waals surface area contributed by atoms with Crippen LogP contribution in [-0.2, 0) is 9.16 Å². The summed E-state index contributed by atoms with van der Waals surface area (Å²) in [4.78, 5) is 12.2. The lowest BCUT2D eigenvalue weighted by molar-refractivity contribution is 0.0475. The highest BCUT2D eigenvalue weighted by molar-refractivity contribution is 6.74. The van der Waals surface area contributed by atoms with Crippen LogP contribution >= 0.6 is 0 Å². The molecule has 0 radical (unpaired) electrons. The predicted molar refractivity (Wildman–Crippen MR) is 103 cm³/mol. The molecule has 142 valence electrons. The van der Waals surface area contributed by atoms with Crippen molar-refractivity contribution in [3.8, 4) is 0 Å². The summed E-state index contributed by atoms with van der Waals surface area (Å²) in [5.74, 6) is 0.702. The normalized spacial score (nSPS) is 18.5. The number of alkyl carbamates (subject to hydrolysis) is 1. The van der Waals surface area contributed by atoms with Gasteiger partial charge >= 0.3 is 6.09 Å². The average Bonchev–Trinajstić information content (AvgIpc) is 2.85. The van der Waals surface area contributed by atoms with Crippen LogP contribution in [0.1, 0.15) is 73.6 Å². The molecule has 5 heteroatoms. The Labute approximate surface area is 150 Å². The van der Waals surface area contributed by atoms with Crippen molar-refractivity contribution in [2.45, 2.75) is 103 Å². The molecule has 0 spiro atoms. The van der Waals surface area contributed by atoms with Gasteiger partial charge in [-0.2, -0.15) is 0 Å². The summed E-state index contributed by atoms with van der Waals surface area (Å²) in [5, 5.41) is 3.24. The number of rotatable bonds is 6. The minimum atomic E-state index is -1.81. The zero-order valence-corrected chi connectivity index (χ0v) is 18.1. The average molecular weight is 358 g/mol. The molecule has 1 N–H and O–H groups in total. The first-order valence-electron chi connectivity index (χ1n) is 9.44. The Bertz CT molecular complexity index is 404. The number of hydrogen-bond donors (Lipinski definition) is 1. The van der Waals surface area contributed by atoms with Crippen LogP contribution < -0.4 is 5.32 Å². The van der Waals surface area contributed by atoms with Gasteiger partial charge < -0.3 is 14.5 Å². The van der Waals surface area contributed by atoms with Crippen molar-refractivity contribution in [3.05, 3.63) is 0 Å². The van der Waals surface area contributed by atoms with Crippen LogP contribution in [0.4, 0.5) is 4.79 Å². The molecule has 4 nitrogen and oxygen atoms in total. The molecule has 1 unspecified atom stereocenters. The van der Waals surface area contributed by atoms with Gasteiger partial charge in [-0.1, -0.05) is 46.5 Å². The highest BCUT2D eigenvalue weighted by atomic mass is 28.4. The van der Waals surface area contributed by atoms with Crippen molar-refractivity contribution in [1.29, 1.82) is 0 Å². The predicted octanol–water partition coefficient (Wildman–Crippen LogP) is 5.48. The summed E-state index contributed by atoms with van der Waals surface area (Å²) in [7, 11) is -1.81. The lowest BCUT2D eigenvalue weighted by atomic mass is 9.99. The second-order valence-corrected chi connectivity index (χ2v) is 14.6. The highest BCUT2D eigenvalue weighted by Gasteiger charge is 2.38. The molecule has 0 bridgehead atoms. The number of carbonyl (C=O) groups is 1. The highest BCUT2D eigenvalue weighted by Crippen LogP contribution is 2.37. The van der Waals surface area contributed by atoms with E-state index in [1.165, 1.54) is 25.7 Å². The van der Waals surface area contributed by atoms with Gasteiger partial charge in [0.2, 0.25) is 0 Å². The van der Waals surface area contributed by atoms with Crippen molar-refractivity contribution >= 4 is 14.4 Å². The molecule has 1 atom stereocenters. The molecule has 0 aromatic carbocycles. The molecule has 24 heavy (non-hydrogen) atoms. The Morgan fingerprint density at radius 3 is 2.12 bits per heavy atom. The van der Waals surface area contributed by atoms with E-state index in [-0.39, 0.29) is 17.2 Å². The molecule has 1 aliphatic rings. The first-order chi connectivity index (χ1) is 10.8. The van der Waals surface area contributed by atoms with Crippen molar-refractivity contribution in [3.63, 3.8) is 0 Å². The zero-order valence-electron chi connectivity index (χ0n) is 17.1. The summed E-state index contributed by atoms with van der Waals surface area (Å²) in [6.45, 7) is 17.5. The van der Waals surface area contributed by atoms with Gasteiger partial charge in [-0.3, -0.25) is 0 Å². The van der Waals surface area contributed by atoms with Gasteiger partial charge in [-0.05, 0) is 51.2 Å². The molecule has 1 saturated carbocycles. The monoisotopic (exact) mass is 357 g/mol. The smallest absolute Gasteiger partial charge is 0.407 e. The van der Waals surface area contributed by atoms with Crippen molar-refractivity contribution in [1.82, 2.24) is 5.32 Å². The van der Waals surface area contributed by atoms with Crippen LogP contribution in [0, 0.1) is 5.92 Å². The van der Waals surface area contributed by atoms with E-state index in [0.29, 0.717) is 12.5 Å². The van der Waals surface area contributed by atoms with E-state index in [0.717, 1.165) is 6.42 Å². The Kier molecular flexibility index (Phi) is 7.36. The van der Waals surface area contributed by atoms with Crippen molar-refractivity contribution in [2.24, 2.45) is 5.92 Å². The first kappa shape index (κ1) is 21.5. The lowest BCUT2D eigenvalue weighted by Crippen LogP contribution is -2.47. The summed E-state index contributed by atoms with van der Waals surface area (Å²) >= 11 is 0. The third-order valence-corrected chi connectivity index (χ3v) is 9.77. The van der Waals surface area contributed by atoms with E-state index in [9.17, 15) is 4.79 Å². The topological polar surface area (TPSA) is 47.6 Å². The van der Waals surface area contributed by atoms with Crippen molar-refractivity contribution in [2.75, 3.05) is 6.61 Å². The Morgan fingerprint density at radius 1 is 1.12 bits per heavy atom. The van der Waals surface area contributed by atoms with E-state index >= 15 is 0 Å². The van der Waals surface area contributed by atoms with Crippen LogP contribution in [0.15, 0.2) is 0 Å². The molecular weight excluding hydrogens is 318 g/mol. The first-order valence-corrected chi connectivity index (χ1v) is 12.3. The van der Waals surface area contributed by atoms with Crippen LogP contribution in [0.25, 0.3) is 0 Å². The van der Waals surface area contributed by atoms with Crippen molar-refractivity contribution < 1.29 is 14.0 Å². The number of hydrogen-bond acceptors (Lipinski definition) is 3. The molecule has 0 aromatic rings. The fourth-order valence-electron chi connectivity index (χ4n) is 2.82. The maximum atomic E-state index is 12.2. The van der Waals surface area contributed by atoms with Gasteiger partial charge in [0.1, 0.15) is 5.60 Å². The summed E-state index contributed by atoms with van der Waals surface area (Å²) < 4.78 is 11.8. The summed E-state index contributed by atoms with van der Waals surface area (Å²) in [5.41, 5.74) is -0.470. The standard InChI is InChI=1S/C19H39NO3Si/c1-18(2,3)23-17(21)20-16(13-15-11-9-10-12-15)14-22-24(7,8)19(4,5)6/h15-16H,9-14H2,1-8H3,(H,20,21). The molecule has 1 aliphatic carbocycles. The molecule has 1 fully saturated rings. The summed E-state index contributed by atoms with van der Waals surface area (Å²) in [6, 6.07) is 0.0390. The third kappa shape index (κ3) is 7.56. The number of ether oxygens (including phenoxy) is 1. The molecule has 1 rings (SSSR count). The van der Waals surface area contributed by atoms with Gasteiger partial charge in [0.15, 0.2) is 8.32 Å². The zero-order chi connectivity index (χ0) is 18.6. The van der Waals surface area contributed by atoms with Gasteiger partial charge in [0.05, 0.1) is 12.6 Å². The van der Waals surface area contributed by atoms with Crippen LogP contribution in [0.2, 0.25) is 18.1 Å². The van der Waals surface area contributed by atoms with Gasteiger partial charge in [-0.25, -0.2) is 4.79 Å². The maximum Gasteiger partial charge on any atom is 0.407 e. The van der Waals surface area contributed by atoms with Gasteiger partial charge in [-0.15, -0.1) is 0 Å². The molecule has 0 aliphatic heterocycles. The van der Waals surface area contributed by atoms with E-state index in [4.69, 9.17) is 9.16 Å². The van der Waals surface area contributed by atoms with Gasteiger partial charge in [0.25, 0.3) is 0 Å². The maximum absolute atomic E-state index is 12.2.